The molecular formula is C22H29N3O4S. The van der Waals surface area contributed by atoms with Crippen LogP contribution in [0.5, 0.6) is 5.75 Å². The van der Waals surface area contributed by atoms with Gasteiger partial charge in [-0.1, -0.05) is 6.07 Å². The molecule has 1 aromatic heterocycles. The van der Waals surface area contributed by atoms with Gasteiger partial charge in [0.05, 0.1) is 11.5 Å². The van der Waals surface area contributed by atoms with Crippen molar-refractivity contribution in [3.8, 4) is 5.75 Å². The van der Waals surface area contributed by atoms with Gasteiger partial charge >= 0.3 is 0 Å². The number of hydrogen-bond acceptors (Lipinski definition) is 6. The van der Waals surface area contributed by atoms with E-state index < -0.39 is 9.84 Å². The number of sulfone groups is 1. The Morgan fingerprint density at radius 3 is 2.47 bits per heavy atom. The van der Waals surface area contributed by atoms with Crippen LogP contribution in [0.1, 0.15) is 37.7 Å². The molecule has 0 radical (unpaired) electrons. The van der Waals surface area contributed by atoms with Gasteiger partial charge in [0.1, 0.15) is 11.6 Å². The number of benzene rings is 1. The Hall–Kier alpha value is -2.61. The van der Waals surface area contributed by atoms with Crippen LogP contribution in [-0.2, 0) is 21.2 Å². The van der Waals surface area contributed by atoms with E-state index in [0.717, 1.165) is 24.5 Å². The molecule has 2 aromatic rings. The predicted molar refractivity (Wildman–Crippen MR) is 116 cm³/mol. The minimum Gasteiger partial charge on any atom is -0.494 e. The summed E-state index contributed by atoms with van der Waals surface area (Å²) in [6.45, 7) is 2.97. The Kier molecular flexibility index (Phi) is 7.68. The summed E-state index contributed by atoms with van der Waals surface area (Å²) in [6.07, 6.45) is 7.66. The Morgan fingerprint density at radius 1 is 1.10 bits per heavy atom. The molecule has 0 spiro atoms. The quantitative estimate of drug-likeness (QED) is 0.614. The van der Waals surface area contributed by atoms with E-state index in [9.17, 15) is 13.2 Å². The van der Waals surface area contributed by atoms with Crippen molar-refractivity contribution in [3.05, 3.63) is 48.2 Å². The largest absolute Gasteiger partial charge is 0.494 e. The van der Waals surface area contributed by atoms with E-state index in [1.54, 1.807) is 12.1 Å². The molecule has 0 saturated carbocycles. The van der Waals surface area contributed by atoms with Crippen molar-refractivity contribution < 1.29 is 17.9 Å². The molecule has 7 nitrogen and oxygen atoms in total. The molecule has 0 aliphatic carbocycles. The molecule has 1 aromatic carbocycles. The maximum absolute atomic E-state index is 12.0. The zero-order valence-corrected chi connectivity index (χ0v) is 18.2. The minimum atomic E-state index is -3.21. The molecule has 8 heteroatoms. The Labute approximate surface area is 178 Å². The zero-order valence-electron chi connectivity index (χ0n) is 17.3. The molecule has 1 N–H and O–H groups in total. The van der Waals surface area contributed by atoms with Gasteiger partial charge in [0, 0.05) is 38.5 Å². The number of nitrogens with zero attached hydrogens (tertiary/aromatic N) is 2. The number of hydrogen-bond donors (Lipinski definition) is 1. The van der Waals surface area contributed by atoms with Crippen LogP contribution < -0.4 is 15.0 Å². The van der Waals surface area contributed by atoms with Crippen LogP contribution >= 0.6 is 0 Å². The van der Waals surface area contributed by atoms with Crippen molar-refractivity contribution in [3.63, 3.8) is 0 Å². The van der Waals surface area contributed by atoms with Crippen molar-refractivity contribution in [2.24, 2.45) is 0 Å². The first-order chi connectivity index (χ1) is 14.4. The van der Waals surface area contributed by atoms with Crippen LogP contribution in [0.15, 0.2) is 47.5 Å². The smallest absolute Gasteiger partial charge is 0.220 e. The van der Waals surface area contributed by atoms with Crippen molar-refractivity contribution in [1.29, 1.82) is 0 Å². The molecule has 1 saturated heterocycles. The lowest BCUT2D eigenvalue weighted by Crippen LogP contribution is -2.30. The summed E-state index contributed by atoms with van der Waals surface area (Å²) < 4.78 is 28.5. The summed E-state index contributed by atoms with van der Waals surface area (Å²) in [5.74, 6) is 1.56. The summed E-state index contributed by atoms with van der Waals surface area (Å²) >= 11 is 0. The van der Waals surface area contributed by atoms with Crippen molar-refractivity contribution >= 4 is 21.6 Å². The highest BCUT2D eigenvalue weighted by Crippen LogP contribution is 2.18. The van der Waals surface area contributed by atoms with Crippen LogP contribution in [0.2, 0.25) is 0 Å². The number of nitrogens with one attached hydrogen (secondary N) is 1. The third-order valence-corrected chi connectivity index (χ3v) is 6.18. The Balaban J connectivity index is 1.34. The van der Waals surface area contributed by atoms with E-state index in [1.807, 2.05) is 18.3 Å². The molecular weight excluding hydrogens is 402 g/mol. The average Bonchev–Trinajstić information content (AvgIpc) is 2.76. The highest BCUT2D eigenvalue weighted by Gasteiger charge is 2.12. The topological polar surface area (TPSA) is 88.6 Å². The molecule has 162 valence electrons. The lowest BCUT2D eigenvalue weighted by Gasteiger charge is -2.27. The number of anilines is 1. The zero-order chi connectivity index (χ0) is 21.4. The van der Waals surface area contributed by atoms with Gasteiger partial charge in [0.2, 0.25) is 5.91 Å². The monoisotopic (exact) mass is 431 g/mol. The first-order valence-electron chi connectivity index (χ1n) is 10.3. The van der Waals surface area contributed by atoms with E-state index in [-0.39, 0.29) is 10.8 Å². The van der Waals surface area contributed by atoms with Crippen LogP contribution in [0.25, 0.3) is 0 Å². The van der Waals surface area contributed by atoms with Gasteiger partial charge in [-0.3, -0.25) is 4.79 Å². The summed E-state index contributed by atoms with van der Waals surface area (Å²) in [5.41, 5.74) is 0.978. The van der Waals surface area contributed by atoms with Gasteiger partial charge in [-0.2, -0.15) is 0 Å². The molecule has 1 aliphatic heterocycles. The highest BCUT2D eigenvalue weighted by atomic mass is 32.2. The van der Waals surface area contributed by atoms with Crippen molar-refractivity contribution in [2.75, 3.05) is 30.9 Å². The molecule has 1 fully saturated rings. The minimum absolute atomic E-state index is 0.0360. The second-order valence-corrected chi connectivity index (χ2v) is 9.56. The van der Waals surface area contributed by atoms with E-state index >= 15 is 0 Å². The molecule has 0 bridgehead atoms. The fourth-order valence-corrected chi connectivity index (χ4v) is 3.96. The number of rotatable bonds is 9. The molecule has 0 unspecified atom stereocenters. The van der Waals surface area contributed by atoms with Gasteiger partial charge < -0.3 is 15.0 Å². The summed E-state index contributed by atoms with van der Waals surface area (Å²) in [4.78, 5) is 19.1. The van der Waals surface area contributed by atoms with E-state index in [0.29, 0.717) is 31.7 Å². The fourth-order valence-electron chi connectivity index (χ4n) is 3.33. The van der Waals surface area contributed by atoms with E-state index in [2.05, 4.69) is 15.2 Å². The number of piperidine rings is 1. The Bertz CT molecular complexity index is 922. The number of carbonyl (C=O) groups excluding carboxylic acids is 1. The Morgan fingerprint density at radius 2 is 1.83 bits per heavy atom. The third-order valence-electron chi connectivity index (χ3n) is 5.05. The maximum Gasteiger partial charge on any atom is 0.220 e. The van der Waals surface area contributed by atoms with Crippen LogP contribution in [-0.4, -0.2) is 45.3 Å². The number of ether oxygens (including phenoxy) is 1. The molecule has 30 heavy (non-hydrogen) atoms. The molecule has 1 amide bonds. The second kappa shape index (κ2) is 10.4. The van der Waals surface area contributed by atoms with Crippen molar-refractivity contribution in [1.82, 2.24) is 10.3 Å². The SMILES string of the molecule is CS(=O)(=O)c1ccc(OCCCC(=O)NCc2ccc(N3CCCCC3)nc2)cc1. The summed E-state index contributed by atoms with van der Waals surface area (Å²) in [5, 5.41) is 2.91. The first kappa shape index (κ1) is 22.1. The third kappa shape index (κ3) is 6.73. The van der Waals surface area contributed by atoms with Crippen LogP contribution in [0.4, 0.5) is 5.82 Å². The second-order valence-electron chi connectivity index (χ2n) is 7.54. The van der Waals surface area contributed by atoms with Gasteiger partial charge in [0.15, 0.2) is 9.84 Å². The van der Waals surface area contributed by atoms with Crippen molar-refractivity contribution in [2.45, 2.75) is 43.5 Å². The number of carbonyl (C=O) groups is 1. The van der Waals surface area contributed by atoms with Gasteiger partial charge in [0.25, 0.3) is 0 Å². The fraction of sp³-hybridized carbons (Fsp3) is 0.455. The molecule has 2 heterocycles. The lowest BCUT2D eigenvalue weighted by atomic mass is 10.1. The molecule has 1 aliphatic rings. The first-order valence-corrected chi connectivity index (χ1v) is 12.2. The summed E-state index contributed by atoms with van der Waals surface area (Å²) in [7, 11) is -3.21. The summed E-state index contributed by atoms with van der Waals surface area (Å²) in [6, 6.07) is 10.3. The van der Waals surface area contributed by atoms with Crippen LogP contribution in [0.3, 0.4) is 0 Å². The molecule has 0 atom stereocenters. The van der Waals surface area contributed by atoms with E-state index in [4.69, 9.17) is 4.74 Å². The predicted octanol–water partition coefficient (Wildman–Crippen LogP) is 2.95. The number of aromatic nitrogens is 1. The maximum atomic E-state index is 12.0. The van der Waals surface area contributed by atoms with Gasteiger partial charge in [-0.25, -0.2) is 13.4 Å². The lowest BCUT2D eigenvalue weighted by molar-refractivity contribution is -0.121. The normalized spacial score (nSPS) is 14.4. The van der Waals surface area contributed by atoms with Gasteiger partial charge in [-0.15, -0.1) is 0 Å². The highest BCUT2D eigenvalue weighted by molar-refractivity contribution is 7.90. The standard InChI is InChI=1S/C22H29N3O4S/c1-30(27,28)20-10-8-19(9-11-20)29-15-5-6-22(26)24-17-18-7-12-21(23-16-18)25-13-3-2-4-14-25/h7-12,16H,2-6,13-15,17H2,1H3,(H,24,26). The van der Waals surface area contributed by atoms with Gasteiger partial charge in [-0.05, 0) is 61.6 Å². The van der Waals surface area contributed by atoms with E-state index in [1.165, 1.54) is 37.7 Å². The van der Waals surface area contributed by atoms with Crippen LogP contribution in [0, 0.1) is 0 Å². The number of pyridine rings is 1. The number of amides is 1. The molecule has 3 rings (SSSR count). The average molecular weight is 432 g/mol.